The number of carbonyl (C=O) groups is 3. The lowest BCUT2D eigenvalue weighted by atomic mass is 10.1. The molecule has 2 aromatic carbocycles. The predicted octanol–water partition coefficient (Wildman–Crippen LogP) is 0.788. The number of nitrogens with zero attached hydrogens (tertiary/aromatic N) is 2. The summed E-state index contributed by atoms with van der Waals surface area (Å²) >= 11 is 0. The molecule has 30 heavy (non-hydrogen) atoms. The van der Waals surface area contributed by atoms with Crippen LogP contribution >= 0.6 is 0 Å². The molecule has 9 heteroatoms. The fraction of sp³-hybridized carbons (Fsp3) is 0.143. The van der Waals surface area contributed by atoms with Gasteiger partial charge in [-0.05, 0) is 29.8 Å². The number of aliphatic carboxylic acids is 1. The summed E-state index contributed by atoms with van der Waals surface area (Å²) in [4.78, 5) is 35.2. The van der Waals surface area contributed by atoms with E-state index in [4.69, 9.17) is 14.7 Å². The first kappa shape index (κ1) is 20.4. The minimum atomic E-state index is -1.54. The van der Waals surface area contributed by atoms with E-state index >= 15 is 0 Å². The van der Waals surface area contributed by atoms with Crippen molar-refractivity contribution in [2.45, 2.75) is 6.61 Å². The Labute approximate surface area is 171 Å². The standard InChI is InChI=1S/C21H17N3O6/c1-29-18-9-13(8-16-20(27)24(11-19(25)26)21(28)23-16)6-7-17(18)30-12-15-5-3-2-4-14(15)10-22/h2-9H,11-12H2,1H3,(H,23,28)(H,25,26)/p-1/b16-8+. The summed E-state index contributed by atoms with van der Waals surface area (Å²) in [6.07, 6.45) is 1.40. The third-order valence-electron chi connectivity index (χ3n) is 4.27. The Morgan fingerprint density at radius 2 is 2.00 bits per heavy atom. The number of amides is 3. The Kier molecular flexibility index (Phi) is 5.98. The normalized spacial score (nSPS) is 14.4. The molecule has 0 saturated carbocycles. The largest absolute Gasteiger partial charge is 0.548 e. The van der Waals surface area contributed by atoms with Crippen LogP contribution in [0.5, 0.6) is 11.5 Å². The van der Waals surface area contributed by atoms with E-state index in [1.54, 1.807) is 36.4 Å². The van der Waals surface area contributed by atoms with E-state index in [9.17, 15) is 19.5 Å². The summed E-state index contributed by atoms with van der Waals surface area (Å²) in [5, 5.41) is 22.2. The van der Waals surface area contributed by atoms with Gasteiger partial charge in [0.15, 0.2) is 11.5 Å². The number of nitrogens with one attached hydrogen (secondary N) is 1. The Hall–Kier alpha value is -4.32. The summed E-state index contributed by atoms with van der Waals surface area (Å²) in [5.41, 5.74) is 1.69. The van der Waals surface area contributed by atoms with E-state index in [2.05, 4.69) is 11.4 Å². The highest BCUT2D eigenvalue weighted by Gasteiger charge is 2.33. The molecule has 1 fully saturated rings. The first-order valence-corrected chi connectivity index (χ1v) is 8.76. The highest BCUT2D eigenvalue weighted by Crippen LogP contribution is 2.30. The van der Waals surface area contributed by atoms with Crippen LogP contribution in [-0.4, -0.2) is 36.5 Å². The van der Waals surface area contributed by atoms with Crippen molar-refractivity contribution in [2.24, 2.45) is 0 Å². The molecule has 0 unspecified atom stereocenters. The maximum Gasteiger partial charge on any atom is 0.329 e. The number of hydrogen-bond donors (Lipinski definition) is 1. The SMILES string of the molecule is COc1cc(/C=C2/NC(=O)N(CC(=O)[O-])C2=O)ccc1OCc1ccccc1C#N. The van der Waals surface area contributed by atoms with E-state index in [1.807, 2.05) is 6.07 Å². The molecule has 1 aliphatic rings. The van der Waals surface area contributed by atoms with Gasteiger partial charge in [-0.3, -0.25) is 9.69 Å². The Morgan fingerprint density at radius 3 is 2.70 bits per heavy atom. The molecule has 0 aliphatic carbocycles. The van der Waals surface area contributed by atoms with Crippen LogP contribution in [0.1, 0.15) is 16.7 Å². The maximum atomic E-state index is 12.2. The van der Waals surface area contributed by atoms with Crippen LogP contribution < -0.4 is 19.9 Å². The number of carboxylic acid groups (broad SMARTS) is 1. The summed E-state index contributed by atoms with van der Waals surface area (Å²) in [5.74, 6) is -1.51. The number of hydrogen-bond acceptors (Lipinski definition) is 7. The lowest BCUT2D eigenvalue weighted by molar-refractivity contribution is -0.305. The van der Waals surface area contributed by atoms with Crippen LogP contribution in [0, 0.1) is 11.3 Å². The molecule has 0 aromatic heterocycles. The van der Waals surface area contributed by atoms with Gasteiger partial charge in [-0.15, -0.1) is 0 Å². The van der Waals surface area contributed by atoms with Crippen molar-refractivity contribution in [1.29, 1.82) is 5.26 Å². The number of carboxylic acids is 1. The quantitative estimate of drug-likeness (QED) is 0.531. The van der Waals surface area contributed by atoms with Gasteiger partial charge < -0.3 is 24.7 Å². The average molecular weight is 406 g/mol. The number of methoxy groups -OCH3 is 1. The van der Waals surface area contributed by atoms with Gasteiger partial charge in [-0.1, -0.05) is 24.3 Å². The fourth-order valence-electron chi connectivity index (χ4n) is 2.81. The van der Waals surface area contributed by atoms with Crippen LogP contribution in [0.15, 0.2) is 48.2 Å². The van der Waals surface area contributed by atoms with E-state index < -0.39 is 24.5 Å². The third-order valence-corrected chi connectivity index (χ3v) is 4.27. The molecule has 3 rings (SSSR count). The van der Waals surface area contributed by atoms with Gasteiger partial charge >= 0.3 is 6.03 Å². The smallest absolute Gasteiger partial charge is 0.329 e. The molecule has 1 aliphatic heterocycles. The molecular weight excluding hydrogens is 390 g/mol. The van der Waals surface area contributed by atoms with Gasteiger partial charge in [0.2, 0.25) is 0 Å². The first-order chi connectivity index (χ1) is 14.4. The number of carbonyl (C=O) groups excluding carboxylic acids is 3. The topological polar surface area (TPSA) is 132 Å². The van der Waals surface area contributed by atoms with Crippen LogP contribution in [0.2, 0.25) is 0 Å². The van der Waals surface area contributed by atoms with Gasteiger partial charge in [0, 0.05) is 5.56 Å². The number of imide groups is 1. The van der Waals surface area contributed by atoms with Gasteiger partial charge in [-0.2, -0.15) is 5.26 Å². The molecule has 1 saturated heterocycles. The Morgan fingerprint density at radius 1 is 1.23 bits per heavy atom. The molecule has 0 spiro atoms. The van der Waals surface area contributed by atoms with Crippen LogP contribution in [0.25, 0.3) is 6.08 Å². The summed E-state index contributed by atoms with van der Waals surface area (Å²) in [7, 11) is 1.45. The van der Waals surface area contributed by atoms with Crippen LogP contribution in [-0.2, 0) is 16.2 Å². The van der Waals surface area contributed by atoms with Crippen LogP contribution in [0.4, 0.5) is 4.79 Å². The van der Waals surface area contributed by atoms with Gasteiger partial charge in [-0.25, -0.2) is 4.79 Å². The molecule has 0 radical (unpaired) electrons. The second kappa shape index (κ2) is 8.79. The van der Waals surface area contributed by atoms with Crippen molar-refractivity contribution in [3.8, 4) is 17.6 Å². The number of urea groups is 1. The highest BCUT2D eigenvalue weighted by atomic mass is 16.5. The zero-order valence-electron chi connectivity index (χ0n) is 15.9. The zero-order valence-corrected chi connectivity index (χ0v) is 15.9. The molecule has 9 nitrogen and oxygen atoms in total. The highest BCUT2D eigenvalue weighted by molar-refractivity contribution is 6.15. The second-order valence-corrected chi connectivity index (χ2v) is 6.22. The summed E-state index contributed by atoms with van der Waals surface area (Å²) in [6.45, 7) is -0.671. The van der Waals surface area contributed by atoms with Crippen molar-refractivity contribution in [2.75, 3.05) is 13.7 Å². The average Bonchev–Trinajstić information content (AvgIpc) is 2.99. The van der Waals surface area contributed by atoms with Crippen molar-refractivity contribution in [1.82, 2.24) is 10.2 Å². The molecule has 3 amide bonds. The van der Waals surface area contributed by atoms with E-state index in [0.29, 0.717) is 27.5 Å². The monoisotopic (exact) mass is 406 g/mol. The van der Waals surface area contributed by atoms with Crippen molar-refractivity contribution < 1.29 is 29.0 Å². The molecule has 1 N–H and O–H groups in total. The molecule has 0 atom stereocenters. The Balaban J connectivity index is 1.78. The molecule has 0 bridgehead atoms. The number of rotatable bonds is 7. The fourth-order valence-corrected chi connectivity index (χ4v) is 2.81. The molecule has 2 aromatic rings. The minimum absolute atomic E-state index is 0.0695. The molecule has 152 valence electrons. The molecular formula is C21H16N3O6-. The van der Waals surface area contributed by atoms with E-state index in [0.717, 1.165) is 5.56 Å². The zero-order chi connectivity index (χ0) is 21.7. The molecule has 1 heterocycles. The predicted molar refractivity (Wildman–Crippen MR) is 102 cm³/mol. The van der Waals surface area contributed by atoms with E-state index in [-0.39, 0.29) is 12.3 Å². The number of ether oxygens (including phenoxy) is 2. The minimum Gasteiger partial charge on any atom is -0.548 e. The van der Waals surface area contributed by atoms with Crippen LogP contribution in [0.3, 0.4) is 0 Å². The number of nitriles is 1. The third kappa shape index (κ3) is 4.39. The summed E-state index contributed by atoms with van der Waals surface area (Å²) in [6, 6.07) is 13.2. The van der Waals surface area contributed by atoms with E-state index in [1.165, 1.54) is 13.2 Å². The van der Waals surface area contributed by atoms with Crippen molar-refractivity contribution in [3.05, 3.63) is 64.9 Å². The first-order valence-electron chi connectivity index (χ1n) is 8.76. The lowest BCUT2D eigenvalue weighted by Crippen LogP contribution is -2.41. The van der Waals surface area contributed by atoms with Crippen molar-refractivity contribution >= 4 is 24.0 Å². The second-order valence-electron chi connectivity index (χ2n) is 6.22. The van der Waals surface area contributed by atoms with Gasteiger partial charge in [0.25, 0.3) is 5.91 Å². The van der Waals surface area contributed by atoms with Crippen molar-refractivity contribution in [3.63, 3.8) is 0 Å². The Bertz CT molecular complexity index is 1090. The summed E-state index contributed by atoms with van der Waals surface area (Å²) < 4.78 is 11.1. The van der Waals surface area contributed by atoms with Gasteiger partial charge in [0.05, 0.1) is 31.3 Å². The van der Waals surface area contributed by atoms with Gasteiger partial charge in [0.1, 0.15) is 12.3 Å². The number of benzene rings is 2. The lowest BCUT2D eigenvalue weighted by Gasteiger charge is -2.12. The maximum absolute atomic E-state index is 12.2.